The highest BCUT2D eigenvalue weighted by atomic mass is 31.0. The highest BCUT2D eigenvalue weighted by Gasteiger charge is 2.40. The fourth-order valence-corrected chi connectivity index (χ4v) is 6.36. The van der Waals surface area contributed by atoms with Crippen LogP contribution in [-0.2, 0) is 22.4 Å². The molecule has 256 valence electrons. The molecule has 7 nitrogen and oxygen atoms in total. The van der Waals surface area contributed by atoms with Crippen LogP contribution in [-0.4, -0.2) is 71.6 Å². The van der Waals surface area contributed by atoms with Gasteiger partial charge < -0.3 is 26.0 Å². The van der Waals surface area contributed by atoms with Crippen LogP contribution in [0, 0.1) is 12.3 Å². The molecule has 0 aromatic heterocycles. The van der Waals surface area contributed by atoms with Crippen molar-refractivity contribution < 1.29 is 14.7 Å². The molecule has 0 fully saturated rings. The minimum Gasteiger partial charge on any atom is -0.395 e. The van der Waals surface area contributed by atoms with E-state index in [1.54, 1.807) is 22.9 Å². The third-order valence-electron chi connectivity index (χ3n) is 10.3. The van der Waals surface area contributed by atoms with Crippen LogP contribution in [0.3, 0.4) is 0 Å². The van der Waals surface area contributed by atoms with Crippen molar-refractivity contribution in [3.8, 4) is 0 Å². The molecule has 8 heteroatoms. The van der Waals surface area contributed by atoms with Crippen LogP contribution in [0.15, 0.2) is 72.0 Å². The van der Waals surface area contributed by atoms with E-state index in [0.717, 1.165) is 51.7 Å². The number of aryl methyl sites for hydroxylation is 1. The Balaban J connectivity index is 2.04. The van der Waals surface area contributed by atoms with E-state index in [-0.39, 0.29) is 30.0 Å². The van der Waals surface area contributed by atoms with E-state index < -0.39 is 11.5 Å². The van der Waals surface area contributed by atoms with Crippen molar-refractivity contribution in [2.45, 2.75) is 91.3 Å². The van der Waals surface area contributed by atoms with E-state index in [1.807, 2.05) is 46.0 Å². The Kier molecular flexibility index (Phi) is 13.6. The maximum atomic E-state index is 14.7. The maximum Gasteiger partial charge on any atom is 0.246 e. The number of nitrogens with two attached hydrogens (primary N) is 1. The molecule has 1 heterocycles. The molecule has 3 unspecified atom stereocenters. The Labute approximate surface area is 285 Å². The number of hydrogen-bond donors (Lipinski definition) is 3. The van der Waals surface area contributed by atoms with Gasteiger partial charge in [0.25, 0.3) is 0 Å². The molecule has 0 saturated heterocycles. The van der Waals surface area contributed by atoms with Crippen molar-refractivity contribution in [2.75, 3.05) is 27.2 Å². The van der Waals surface area contributed by atoms with Gasteiger partial charge in [-0.1, -0.05) is 81.5 Å². The molecule has 0 aliphatic carbocycles. The first-order chi connectivity index (χ1) is 22.2. The number of carbonyl (C=O) groups excluding carboxylic acids is 2. The van der Waals surface area contributed by atoms with Crippen LogP contribution < -0.4 is 16.4 Å². The Bertz CT molecular complexity index is 1480. The molecule has 3 rings (SSSR count). The maximum absolute atomic E-state index is 14.7. The second-order valence-electron chi connectivity index (χ2n) is 13.6. The van der Waals surface area contributed by atoms with Crippen molar-refractivity contribution in [2.24, 2.45) is 11.1 Å². The zero-order valence-corrected chi connectivity index (χ0v) is 30.9. The molecule has 1 aliphatic heterocycles. The third-order valence-corrected chi connectivity index (χ3v) is 10.7. The number of rotatable bonds is 15. The summed E-state index contributed by atoms with van der Waals surface area (Å²) in [6, 6.07) is 13.4. The minimum atomic E-state index is -0.743. The average molecular weight is 661 g/mol. The fraction of sp³-hybridized carbons (Fsp3) is 0.487. The highest BCUT2D eigenvalue weighted by Crippen LogP contribution is 2.35. The summed E-state index contributed by atoms with van der Waals surface area (Å²) < 4.78 is 0. The van der Waals surface area contributed by atoms with Crippen molar-refractivity contribution in [3.05, 3.63) is 94.2 Å². The number of aliphatic hydroxyl groups is 1. The number of nitrogens with zero attached hydrogens (tertiary/aromatic N) is 2. The van der Waals surface area contributed by atoms with Crippen molar-refractivity contribution in [1.82, 2.24) is 15.1 Å². The molecule has 2 aromatic rings. The van der Waals surface area contributed by atoms with Gasteiger partial charge in [0, 0.05) is 43.7 Å². The molecule has 4 atom stereocenters. The number of allylic oxidation sites excluding steroid dienone is 1. The number of benzene rings is 2. The second-order valence-corrected chi connectivity index (χ2v) is 14.2. The summed E-state index contributed by atoms with van der Waals surface area (Å²) in [6.45, 7) is 12.9. The van der Waals surface area contributed by atoms with Gasteiger partial charge in [0.2, 0.25) is 11.8 Å². The molecule has 0 radical (unpaired) electrons. The van der Waals surface area contributed by atoms with Crippen molar-refractivity contribution >= 4 is 32.4 Å². The van der Waals surface area contributed by atoms with E-state index in [1.165, 1.54) is 0 Å². The van der Waals surface area contributed by atoms with Crippen LogP contribution in [0.2, 0.25) is 0 Å². The van der Waals surface area contributed by atoms with E-state index >= 15 is 0 Å². The summed E-state index contributed by atoms with van der Waals surface area (Å²) in [6.07, 6.45) is 10.7. The second kappa shape index (κ2) is 16.7. The molecule has 0 spiro atoms. The largest absolute Gasteiger partial charge is 0.395 e. The first-order valence-corrected chi connectivity index (χ1v) is 17.4. The monoisotopic (exact) mass is 660 g/mol. The van der Waals surface area contributed by atoms with E-state index in [0.29, 0.717) is 25.8 Å². The van der Waals surface area contributed by atoms with Gasteiger partial charge in [-0.05, 0) is 85.7 Å². The number of amides is 2. The SMILES string of the molecule is C/C=C\c1ccc(C[C@H](C(=O)N(C)C(Cc2ccc(P)cc2)C2=C(C)C(C)(CO)CN2)N(C)C(=O)/C=C/CC(N)(CC)CC)cc1C. The lowest BCUT2D eigenvalue weighted by molar-refractivity contribution is -0.142. The van der Waals surface area contributed by atoms with Crippen LogP contribution in [0.1, 0.15) is 76.1 Å². The Hall–Kier alpha value is -3.25. The summed E-state index contributed by atoms with van der Waals surface area (Å²) in [5.74, 6) is -0.379. The Morgan fingerprint density at radius 3 is 2.26 bits per heavy atom. The van der Waals surface area contributed by atoms with Crippen LogP contribution in [0.5, 0.6) is 0 Å². The smallest absolute Gasteiger partial charge is 0.246 e. The lowest BCUT2D eigenvalue weighted by Crippen LogP contribution is -2.53. The first-order valence-electron chi connectivity index (χ1n) is 16.8. The summed E-state index contributed by atoms with van der Waals surface area (Å²) >= 11 is 0. The zero-order valence-electron chi connectivity index (χ0n) is 29.8. The average Bonchev–Trinajstić information content (AvgIpc) is 3.37. The predicted octanol–water partition coefficient (Wildman–Crippen LogP) is 5.31. The van der Waals surface area contributed by atoms with Gasteiger partial charge >= 0.3 is 0 Å². The minimum absolute atomic E-state index is 0.0103. The third kappa shape index (κ3) is 9.43. The normalized spacial score (nSPS) is 18.1. The molecule has 4 N–H and O–H groups in total. The van der Waals surface area contributed by atoms with Gasteiger partial charge in [-0.15, -0.1) is 9.24 Å². The Morgan fingerprint density at radius 2 is 1.70 bits per heavy atom. The van der Waals surface area contributed by atoms with Crippen LogP contribution in [0.25, 0.3) is 6.08 Å². The van der Waals surface area contributed by atoms with E-state index in [4.69, 9.17) is 5.73 Å². The first kappa shape index (κ1) is 38.2. The molecule has 2 aromatic carbocycles. The van der Waals surface area contributed by atoms with Crippen molar-refractivity contribution in [1.29, 1.82) is 0 Å². The molecule has 0 saturated carbocycles. The standard InChI is InChI=1S/C39H57N4O3P/c1-9-13-31-18-15-30(22-27(31)4)24-34(42(7)35(45)14-12-21-39(40,10-2)11-3)37(46)43(8)33(23-29-16-19-32(47)20-17-29)36-28(5)38(6,26-44)25-41-36/h9,12-20,22,33-34,41,44H,10-11,21,23-26,40,47H2,1-8H3/b13-9-,14-12+/t33?,34-,38?/m1/s1. The van der Waals surface area contributed by atoms with Crippen LogP contribution in [0.4, 0.5) is 0 Å². The van der Waals surface area contributed by atoms with E-state index in [2.05, 4.69) is 77.8 Å². The topological polar surface area (TPSA) is 98.9 Å². The van der Waals surface area contributed by atoms with Gasteiger partial charge in [0.1, 0.15) is 6.04 Å². The van der Waals surface area contributed by atoms with Gasteiger partial charge in [-0.25, -0.2) is 0 Å². The molecular weight excluding hydrogens is 603 g/mol. The number of hydrogen-bond acceptors (Lipinski definition) is 5. The van der Waals surface area contributed by atoms with Gasteiger partial charge in [0.15, 0.2) is 0 Å². The van der Waals surface area contributed by atoms with Crippen LogP contribution >= 0.6 is 9.24 Å². The van der Waals surface area contributed by atoms with Gasteiger partial charge in [-0.3, -0.25) is 9.59 Å². The van der Waals surface area contributed by atoms with Crippen molar-refractivity contribution in [3.63, 3.8) is 0 Å². The van der Waals surface area contributed by atoms with Gasteiger partial charge in [-0.2, -0.15) is 0 Å². The summed E-state index contributed by atoms with van der Waals surface area (Å²) in [5, 5.41) is 14.9. The Morgan fingerprint density at radius 1 is 1.06 bits per heavy atom. The van der Waals surface area contributed by atoms with E-state index in [9.17, 15) is 14.7 Å². The quantitative estimate of drug-likeness (QED) is 0.178. The number of likely N-dealkylation sites (N-methyl/N-ethyl adjacent to an activating group) is 2. The predicted molar refractivity (Wildman–Crippen MR) is 199 cm³/mol. The lowest BCUT2D eigenvalue weighted by atomic mass is 9.84. The fourth-order valence-electron chi connectivity index (χ4n) is 6.17. The molecular formula is C39H57N4O3P. The molecule has 47 heavy (non-hydrogen) atoms. The lowest BCUT2D eigenvalue weighted by Gasteiger charge is -2.36. The number of nitrogens with one attached hydrogen (secondary N) is 1. The molecule has 1 aliphatic rings. The number of aliphatic hydroxyl groups excluding tert-OH is 1. The molecule has 0 bridgehead atoms. The number of carbonyl (C=O) groups is 2. The molecule has 2 amide bonds. The summed E-state index contributed by atoms with van der Waals surface area (Å²) in [7, 11) is 6.26. The van der Waals surface area contributed by atoms with Gasteiger partial charge in [0.05, 0.1) is 12.6 Å². The highest BCUT2D eigenvalue weighted by molar-refractivity contribution is 7.27. The summed E-state index contributed by atoms with van der Waals surface area (Å²) in [5.41, 5.74) is 12.0. The zero-order chi connectivity index (χ0) is 34.9. The summed E-state index contributed by atoms with van der Waals surface area (Å²) in [4.78, 5) is 31.8.